The molecule has 2 aromatic carbocycles. The number of amides is 1. The van der Waals surface area contributed by atoms with Gasteiger partial charge in [0, 0.05) is 17.5 Å². The van der Waals surface area contributed by atoms with Crippen LogP contribution in [-0.4, -0.2) is 24.0 Å². The number of Topliss-reactive ketones (excluding diaryl/α,β-unsaturated/α-hetero) is 1. The van der Waals surface area contributed by atoms with E-state index in [1.54, 1.807) is 42.9 Å². The summed E-state index contributed by atoms with van der Waals surface area (Å²) in [6, 6.07) is 12.6. The number of benzene rings is 2. The van der Waals surface area contributed by atoms with Crippen LogP contribution in [-0.2, 0) is 12.8 Å². The molecule has 130 valence electrons. The molecule has 0 aromatic heterocycles. The summed E-state index contributed by atoms with van der Waals surface area (Å²) in [4.78, 5) is 24.1. The van der Waals surface area contributed by atoms with Gasteiger partial charge < -0.3 is 4.74 Å². The smallest absolute Gasteiger partial charge is 0.274 e. The zero-order chi connectivity index (χ0) is 17.8. The highest BCUT2D eigenvalue weighted by Crippen LogP contribution is 2.29. The summed E-state index contributed by atoms with van der Waals surface area (Å²) in [7, 11) is 1.60. The minimum atomic E-state index is -0.515. The minimum absolute atomic E-state index is 0.125. The number of nitrogens with one attached hydrogen (secondary N) is 1. The van der Waals surface area contributed by atoms with E-state index in [4.69, 9.17) is 9.94 Å². The molecule has 0 saturated heterocycles. The number of hydrogen-bond acceptors (Lipinski definition) is 4. The number of carbonyl (C=O) groups is 2. The Labute approximate surface area is 146 Å². The van der Waals surface area contributed by atoms with Crippen molar-refractivity contribution < 1.29 is 19.5 Å². The lowest BCUT2D eigenvalue weighted by Crippen LogP contribution is -2.21. The first-order chi connectivity index (χ1) is 12.1. The van der Waals surface area contributed by atoms with E-state index in [-0.39, 0.29) is 11.7 Å². The average molecular weight is 339 g/mol. The van der Waals surface area contributed by atoms with Crippen LogP contribution in [0, 0.1) is 5.92 Å². The average Bonchev–Trinajstić information content (AvgIpc) is 2.66. The number of methoxy groups -OCH3 is 1. The summed E-state index contributed by atoms with van der Waals surface area (Å²) in [5, 5.41) is 8.77. The Morgan fingerprint density at radius 2 is 1.84 bits per heavy atom. The topological polar surface area (TPSA) is 75.6 Å². The molecule has 2 N–H and O–H groups in total. The summed E-state index contributed by atoms with van der Waals surface area (Å²) >= 11 is 0. The third kappa shape index (κ3) is 3.88. The van der Waals surface area contributed by atoms with Gasteiger partial charge in [0.15, 0.2) is 5.78 Å². The van der Waals surface area contributed by atoms with E-state index in [2.05, 4.69) is 0 Å². The SMILES string of the molecule is COc1ccc(C(=O)CC2CCc3ccc(C(=O)NO)cc3C2)cc1. The third-order valence-corrected chi connectivity index (χ3v) is 4.79. The highest BCUT2D eigenvalue weighted by Gasteiger charge is 2.22. The Hall–Kier alpha value is -2.66. The van der Waals surface area contributed by atoms with Crippen LogP contribution in [0.25, 0.3) is 0 Å². The number of carbonyl (C=O) groups excluding carboxylic acids is 2. The zero-order valence-corrected chi connectivity index (χ0v) is 14.1. The van der Waals surface area contributed by atoms with Gasteiger partial charge in [-0.1, -0.05) is 6.07 Å². The molecule has 0 spiro atoms. The van der Waals surface area contributed by atoms with Crippen molar-refractivity contribution in [2.24, 2.45) is 5.92 Å². The fraction of sp³-hybridized carbons (Fsp3) is 0.300. The maximum absolute atomic E-state index is 12.5. The molecule has 5 nitrogen and oxygen atoms in total. The first kappa shape index (κ1) is 17.2. The van der Waals surface area contributed by atoms with Gasteiger partial charge in [0.05, 0.1) is 7.11 Å². The van der Waals surface area contributed by atoms with Crippen LogP contribution in [0.15, 0.2) is 42.5 Å². The number of hydrogen-bond donors (Lipinski definition) is 2. The summed E-state index contributed by atoms with van der Waals surface area (Å²) in [5.41, 5.74) is 5.08. The van der Waals surface area contributed by atoms with Crippen LogP contribution in [0.1, 0.15) is 44.7 Å². The molecule has 0 fully saturated rings. The lowest BCUT2D eigenvalue weighted by atomic mass is 9.80. The molecule has 2 aromatic rings. The Morgan fingerprint density at radius 1 is 1.12 bits per heavy atom. The molecule has 0 radical (unpaired) electrons. The summed E-state index contributed by atoms with van der Waals surface area (Å²) in [5.74, 6) is 0.604. The van der Waals surface area contributed by atoms with Crippen LogP contribution in [0.5, 0.6) is 5.75 Å². The van der Waals surface area contributed by atoms with Gasteiger partial charge in [-0.25, -0.2) is 5.48 Å². The molecule has 1 aliphatic carbocycles. The Kier molecular flexibility index (Phi) is 5.14. The first-order valence-corrected chi connectivity index (χ1v) is 8.34. The fourth-order valence-electron chi connectivity index (χ4n) is 3.37. The molecular formula is C20H21NO4. The molecule has 0 aliphatic heterocycles. The maximum atomic E-state index is 12.5. The summed E-state index contributed by atoms with van der Waals surface area (Å²) in [6.45, 7) is 0. The van der Waals surface area contributed by atoms with E-state index in [0.29, 0.717) is 17.5 Å². The number of fused-ring (bicyclic) bond motifs is 1. The van der Waals surface area contributed by atoms with Crippen molar-refractivity contribution in [2.45, 2.75) is 25.7 Å². The monoisotopic (exact) mass is 339 g/mol. The van der Waals surface area contributed by atoms with Crippen LogP contribution in [0.3, 0.4) is 0 Å². The van der Waals surface area contributed by atoms with E-state index in [1.165, 1.54) is 5.56 Å². The number of ether oxygens (including phenoxy) is 1. The molecule has 0 heterocycles. The van der Waals surface area contributed by atoms with Gasteiger partial charge in [0.1, 0.15) is 5.75 Å². The van der Waals surface area contributed by atoms with Crippen molar-refractivity contribution in [2.75, 3.05) is 7.11 Å². The van der Waals surface area contributed by atoms with E-state index in [0.717, 1.165) is 30.6 Å². The summed E-state index contributed by atoms with van der Waals surface area (Å²) < 4.78 is 5.12. The van der Waals surface area contributed by atoms with Gasteiger partial charge >= 0.3 is 0 Å². The van der Waals surface area contributed by atoms with Gasteiger partial charge in [-0.15, -0.1) is 0 Å². The van der Waals surface area contributed by atoms with Crippen LogP contribution >= 0.6 is 0 Å². The number of rotatable bonds is 5. The molecule has 25 heavy (non-hydrogen) atoms. The van der Waals surface area contributed by atoms with E-state index >= 15 is 0 Å². The molecule has 1 amide bonds. The van der Waals surface area contributed by atoms with Gasteiger partial charge in [-0.2, -0.15) is 0 Å². The highest BCUT2D eigenvalue weighted by molar-refractivity contribution is 5.96. The van der Waals surface area contributed by atoms with Crippen LogP contribution in [0.4, 0.5) is 0 Å². The quantitative estimate of drug-likeness (QED) is 0.498. The van der Waals surface area contributed by atoms with E-state index in [9.17, 15) is 9.59 Å². The van der Waals surface area contributed by atoms with Crippen LogP contribution < -0.4 is 10.2 Å². The van der Waals surface area contributed by atoms with Gasteiger partial charge in [0.2, 0.25) is 0 Å². The Balaban J connectivity index is 1.69. The second-order valence-electron chi connectivity index (χ2n) is 6.39. The predicted octanol–water partition coefficient (Wildman–Crippen LogP) is 3.19. The van der Waals surface area contributed by atoms with Crippen molar-refractivity contribution in [1.29, 1.82) is 0 Å². The molecule has 5 heteroatoms. The lowest BCUT2D eigenvalue weighted by molar-refractivity contribution is 0.0706. The van der Waals surface area contributed by atoms with Gasteiger partial charge in [0.25, 0.3) is 5.91 Å². The van der Waals surface area contributed by atoms with Crippen molar-refractivity contribution in [3.05, 3.63) is 64.7 Å². The lowest BCUT2D eigenvalue weighted by Gasteiger charge is -2.24. The van der Waals surface area contributed by atoms with Crippen molar-refractivity contribution >= 4 is 11.7 Å². The standard InChI is InChI=1S/C20H21NO4/c1-25-18-8-6-15(7-9-18)19(22)11-13-2-3-14-4-5-16(20(23)21-24)12-17(14)10-13/h4-9,12-13,24H,2-3,10-11H2,1H3,(H,21,23). The molecule has 0 bridgehead atoms. The predicted molar refractivity (Wildman–Crippen MR) is 93.2 cm³/mol. The van der Waals surface area contributed by atoms with Gasteiger partial charge in [-0.3, -0.25) is 14.8 Å². The summed E-state index contributed by atoms with van der Waals surface area (Å²) in [6.07, 6.45) is 3.11. The zero-order valence-electron chi connectivity index (χ0n) is 14.1. The molecule has 0 saturated carbocycles. The van der Waals surface area contributed by atoms with Gasteiger partial charge in [-0.05, 0) is 72.7 Å². The molecule has 1 atom stereocenters. The van der Waals surface area contributed by atoms with Crippen molar-refractivity contribution in [1.82, 2.24) is 5.48 Å². The highest BCUT2D eigenvalue weighted by atomic mass is 16.5. The van der Waals surface area contributed by atoms with Crippen molar-refractivity contribution in [3.63, 3.8) is 0 Å². The molecule has 3 rings (SSSR count). The van der Waals surface area contributed by atoms with Crippen LogP contribution in [0.2, 0.25) is 0 Å². The first-order valence-electron chi connectivity index (χ1n) is 8.34. The molecule has 1 aliphatic rings. The molecule has 1 unspecified atom stereocenters. The Bertz CT molecular complexity index is 783. The van der Waals surface area contributed by atoms with Crippen molar-refractivity contribution in [3.8, 4) is 5.75 Å². The fourth-order valence-corrected chi connectivity index (χ4v) is 3.37. The maximum Gasteiger partial charge on any atom is 0.274 e. The van der Waals surface area contributed by atoms with E-state index < -0.39 is 5.91 Å². The minimum Gasteiger partial charge on any atom is -0.497 e. The number of aryl methyl sites for hydroxylation is 1. The second kappa shape index (κ2) is 7.49. The third-order valence-electron chi connectivity index (χ3n) is 4.79. The molecular weight excluding hydrogens is 318 g/mol. The second-order valence-corrected chi connectivity index (χ2v) is 6.39. The Morgan fingerprint density at radius 3 is 2.52 bits per heavy atom. The largest absolute Gasteiger partial charge is 0.497 e. The number of ketones is 1. The number of hydroxylamine groups is 1. The van der Waals surface area contributed by atoms with E-state index in [1.807, 2.05) is 12.1 Å². The normalized spacial score (nSPS) is 16.0.